The van der Waals surface area contributed by atoms with Crippen LogP contribution in [-0.2, 0) is 17.9 Å². The minimum Gasteiger partial charge on any atom is -0.352 e. The molecule has 1 unspecified atom stereocenters. The number of carbonyl (C=O) groups excluding carboxylic acids is 1. The van der Waals surface area contributed by atoms with Crippen LogP contribution >= 0.6 is 0 Å². The molecule has 0 spiro atoms. The van der Waals surface area contributed by atoms with Crippen LogP contribution in [0.5, 0.6) is 0 Å². The van der Waals surface area contributed by atoms with Crippen LogP contribution in [0.4, 0.5) is 0 Å². The zero-order chi connectivity index (χ0) is 16.8. The Kier molecular flexibility index (Phi) is 6.24. The third kappa shape index (κ3) is 5.30. The van der Waals surface area contributed by atoms with Gasteiger partial charge in [-0.3, -0.25) is 9.69 Å². The van der Waals surface area contributed by atoms with Gasteiger partial charge in [-0.05, 0) is 37.6 Å². The monoisotopic (exact) mass is 330 g/mol. The van der Waals surface area contributed by atoms with Crippen LogP contribution in [0.1, 0.15) is 30.4 Å². The van der Waals surface area contributed by atoms with E-state index in [1.807, 2.05) is 0 Å². The summed E-state index contributed by atoms with van der Waals surface area (Å²) < 4.78 is 0. The summed E-state index contributed by atoms with van der Waals surface area (Å²) >= 11 is 0. The third-order valence-corrected chi connectivity index (χ3v) is 5.11. The molecule has 2 aliphatic heterocycles. The van der Waals surface area contributed by atoms with Crippen LogP contribution in [0.2, 0.25) is 0 Å². The van der Waals surface area contributed by atoms with Crippen molar-refractivity contribution in [2.75, 3.05) is 39.8 Å². The predicted octanol–water partition coefficient (Wildman–Crippen LogP) is 1.19. The highest BCUT2D eigenvalue weighted by molar-refractivity contribution is 5.76. The Labute approximate surface area is 145 Å². The van der Waals surface area contributed by atoms with Gasteiger partial charge in [-0.1, -0.05) is 24.3 Å². The smallest absolute Gasteiger partial charge is 0.221 e. The Balaban J connectivity index is 1.40. The van der Waals surface area contributed by atoms with E-state index in [9.17, 15) is 4.79 Å². The fraction of sp³-hybridized carbons (Fsp3) is 0.632. The average Bonchev–Trinajstić information content (AvgIpc) is 3.09. The molecule has 2 aliphatic rings. The molecule has 132 valence electrons. The van der Waals surface area contributed by atoms with E-state index in [4.69, 9.17) is 0 Å². The number of carbonyl (C=O) groups is 1. The van der Waals surface area contributed by atoms with Crippen molar-refractivity contribution in [1.29, 1.82) is 0 Å². The lowest BCUT2D eigenvalue weighted by molar-refractivity contribution is -0.121. The zero-order valence-electron chi connectivity index (χ0n) is 14.8. The molecule has 0 aliphatic carbocycles. The second kappa shape index (κ2) is 8.60. The maximum absolute atomic E-state index is 12.0. The molecule has 0 aromatic heterocycles. The number of amides is 1. The summed E-state index contributed by atoms with van der Waals surface area (Å²) in [6, 6.07) is 9.03. The number of benzene rings is 1. The van der Waals surface area contributed by atoms with Crippen LogP contribution in [0.25, 0.3) is 0 Å². The minimum absolute atomic E-state index is 0.149. The first-order valence-corrected chi connectivity index (χ1v) is 9.18. The SMILES string of the molecule is CN1CCN(Cc2ccc(CNC(=O)CC3CCCN3)cc2)CC1. The molecule has 0 radical (unpaired) electrons. The Morgan fingerprint density at radius 1 is 1.17 bits per heavy atom. The molecule has 0 saturated carbocycles. The summed E-state index contributed by atoms with van der Waals surface area (Å²) in [6.07, 6.45) is 2.91. The van der Waals surface area contributed by atoms with Gasteiger partial charge in [-0.25, -0.2) is 0 Å². The lowest BCUT2D eigenvalue weighted by Gasteiger charge is -2.32. The predicted molar refractivity (Wildman–Crippen MR) is 96.7 cm³/mol. The van der Waals surface area contributed by atoms with Crippen LogP contribution < -0.4 is 10.6 Å². The van der Waals surface area contributed by atoms with Gasteiger partial charge in [0.1, 0.15) is 0 Å². The molecule has 2 heterocycles. The summed E-state index contributed by atoms with van der Waals surface area (Å²) in [5.41, 5.74) is 2.52. The highest BCUT2D eigenvalue weighted by atomic mass is 16.1. The van der Waals surface area contributed by atoms with Crippen molar-refractivity contribution in [3.8, 4) is 0 Å². The Bertz CT molecular complexity index is 517. The van der Waals surface area contributed by atoms with E-state index in [0.29, 0.717) is 19.0 Å². The van der Waals surface area contributed by atoms with E-state index in [1.54, 1.807) is 0 Å². The van der Waals surface area contributed by atoms with Gasteiger partial charge in [0.25, 0.3) is 0 Å². The molecule has 2 N–H and O–H groups in total. The first-order valence-electron chi connectivity index (χ1n) is 9.18. The molecule has 24 heavy (non-hydrogen) atoms. The van der Waals surface area contributed by atoms with Gasteiger partial charge in [0.2, 0.25) is 5.91 Å². The normalized spacial score (nSPS) is 22.6. The summed E-state index contributed by atoms with van der Waals surface area (Å²) in [5.74, 6) is 0.149. The molecule has 1 amide bonds. The summed E-state index contributed by atoms with van der Waals surface area (Å²) in [7, 11) is 2.18. The number of rotatable bonds is 6. The standard InChI is InChI=1S/C19H30N4O/c1-22-9-11-23(12-10-22)15-17-6-4-16(5-7-17)14-21-19(24)13-18-3-2-8-20-18/h4-7,18,20H,2-3,8-15H2,1H3,(H,21,24). The first kappa shape index (κ1) is 17.4. The van der Waals surface area contributed by atoms with Crippen molar-refractivity contribution in [3.05, 3.63) is 35.4 Å². The van der Waals surface area contributed by atoms with E-state index < -0.39 is 0 Å². The van der Waals surface area contributed by atoms with Gasteiger partial charge in [-0.2, -0.15) is 0 Å². The Morgan fingerprint density at radius 2 is 1.88 bits per heavy atom. The van der Waals surface area contributed by atoms with E-state index in [2.05, 4.69) is 51.7 Å². The van der Waals surface area contributed by atoms with E-state index in [0.717, 1.165) is 45.7 Å². The summed E-state index contributed by atoms with van der Waals surface area (Å²) in [5, 5.41) is 6.40. The lowest BCUT2D eigenvalue weighted by Crippen LogP contribution is -2.43. The highest BCUT2D eigenvalue weighted by Gasteiger charge is 2.17. The van der Waals surface area contributed by atoms with Gasteiger partial charge in [-0.15, -0.1) is 0 Å². The summed E-state index contributed by atoms with van der Waals surface area (Å²) in [6.45, 7) is 7.29. The number of nitrogens with one attached hydrogen (secondary N) is 2. The molecule has 1 aromatic carbocycles. The van der Waals surface area contributed by atoms with Crippen molar-refractivity contribution in [3.63, 3.8) is 0 Å². The number of hydrogen-bond acceptors (Lipinski definition) is 4. The molecule has 0 bridgehead atoms. The van der Waals surface area contributed by atoms with Crippen LogP contribution in [-0.4, -0.2) is 61.5 Å². The van der Waals surface area contributed by atoms with Crippen molar-refractivity contribution >= 4 is 5.91 Å². The molecular weight excluding hydrogens is 300 g/mol. The van der Waals surface area contributed by atoms with Crippen LogP contribution in [0, 0.1) is 0 Å². The third-order valence-electron chi connectivity index (χ3n) is 5.11. The van der Waals surface area contributed by atoms with Crippen molar-refractivity contribution in [2.24, 2.45) is 0 Å². The van der Waals surface area contributed by atoms with Crippen LogP contribution in [0.15, 0.2) is 24.3 Å². The van der Waals surface area contributed by atoms with Crippen LogP contribution in [0.3, 0.4) is 0 Å². The Morgan fingerprint density at radius 3 is 2.54 bits per heavy atom. The molecule has 2 fully saturated rings. The second-order valence-electron chi connectivity index (χ2n) is 7.17. The van der Waals surface area contributed by atoms with Gasteiger partial charge < -0.3 is 15.5 Å². The van der Waals surface area contributed by atoms with Crippen molar-refractivity contribution in [1.82, 2.24) is 20.4 Å². The average molecular weight is 330 g/mol. The molecule has 5 nitrogen and oxygen atoms in total. The van der Waals surface area contributed by atoms with E-state index in [-0.39, 0.29) is 5.91 Å². The second-order valence-corrected chi connectivity index (χ2v) is 7.17. The molecule has 1 aromatic rings. The molecule has 5 heteroatoms. The lowest BCUT2D eigenvalue weighted by atomic mass is 10.1. The Hall–Kier alpha value is -1.43. The molecular formula is C19H30N4O. The quantitative estimate of drug-likeness (QED) is 0.823. The van der Waals surface area contributed by atoms with Crippen molar-refractivity contribution in [2.45, 2.75) is 38.4 Å². The van der Waals surface area contributed by atoms with E-state index >= 15 is 0 Å². The minimum atomic E-state index is 0.149. The molecule has 1 atom stereocenters. The molecule has 3 rings (SSSR count). The number of likely N-dealkylation sites (N-methyl/N-ethyl adjacent to an activating group) is 1. The highest BCUT2D eigenvalue weighted by Crippen LogP contribution is 2.11. The molecule has 2 saturated heterocycles. The number of hydrogen-bond donors (Lipinski definition) is 2. The largest absolute Gasteiger partial charge is 0.352 e. The van der Waals surface area contributed by atoms with Crippen molar-refractivity contribution < 1.29 is 4.79 Å². The summed E-state index contributed by atoms with van der Waals surface area (Å²) in [4.78, 5) is 16.9. The first-order chi connectivity index (χ1) is 11.7. The van der Waals surface area contributed by atoms with Gasteiger partial charge in [0.15, 0.2) is 0 Å². The number of piperazine rings is 1. The topological polar surface area (TPSA) is 47.6 Å². The fourth-order valence-corrected chi connectivity index (χ4v) is 3.45. The fourth-order valence-electron chi connectivity index (χ4n) is 3.45. The van der Waals surface area contributed by atoms with E-state index in [1.165, 1.54) is 17.5 Å². The van der Waals surface area contributed by atoms with Gasteiger partial charge in [0.05, 0.1) is 0 Å². The zero-order valence-corrected chi connectivity index (χ0v) is 14.8. The van der Waals surface area contributed by atoms with Gasteiger partial charge in [0, 0.05) is 51.7 Å². The number of nitrogens with zero attached hydrogens (tertiary/aromatic N) is 2. The maximum Gasteiger partial charge on any atom is 0.221 e. The van der Waals surface area contributed by atoms with Gasteiger partial charge >= 0.3 is 0 Å². The maximum atomic E-state index is 12.0.